The van der Waals surface area contributed by atoms with Gasteiger partial charge in [0.25, 0.3) is 5.91 Å². The smallest absolute Gasteiger partial charge is 0.252 e. The van der Waals surface area contributed by atoms with E-state index >= 15 is 0 Å². The minimum Gasteiger partial charge on any atom is -0.342 e. The molecule has 1 saturated heterocycles. The first-order valence-electron chi connectivity index (χ1n) is 5.21. The Labute approximate surface area is 94.2 Å². The van der Waals surface area contributed by atoms with Crippen molar-refractivity contribution in [2.24, 2.45) is 11.7 Å². The van der Waals surface area contributed by atoms with Crippen molar-refractivity contribution in [2.45, 2.75) is 32.4 Å². The Kier molecular flexibility index (Phi) is 3.64. The van der Waals surface area contributed by atoms with Crippen molar-refractivity contribution in [3.8, 4) is 0 Å². The molecule has 0 aliphatic carbocycles. The Morgan fingerprint density at radius 3 is 2.44 bits per heavy atom. The van der Waals surface area contributed by atoms with Crippen molar-refractivity contribution in [1.29, 1.82) is 0 Å². The van der Waals surface area contributed by atoms with Gasteiger partial charge in [-0.15, -0.1) is 0 Å². The number of likely N-dealkylation sites (N-methyl/N-ethyl adjacent to an activating group) is 1. The predicted octanol–water partition coefficient (Wildman–Crippen LogP) is -1.16. The fourth-order valence-electron chi connectivity index (χ4n) is 1.44. The van der Waals surface area contributed by atoms with Crippen molar-refractivity contribution >= 4 is 17.7 Å². The van der Waals surface area contributed by atoms with E-state index in [0.29, 0.717) is 0 Å². The summed E-state index contributed by atoms with van der Waals surface area (Å²) < 4.78 is 0. The summed E-state index contributed by atoms with van der Waals surface area (Å²) in [5.74, 6) is -1.07. The monoisotopic (exact) mass is 227 g/mol. The van der Waals surface area contributed by atoms with Crippen LogP contribution in [0.1, 0.15) is 20.3 Å². The molecule has 1 unspecified atom stereocenters. The van der Waals surface area contributed by atoms with Crippen LogP contribution in [0, 0.1) is 5.92 Å². The molecule has 0 bridgehead atoms. The normalized spacial score (nSPS) is 22.8. The number of nitrogens with two attached hydrogens (primary N) is 1. The minimum atomic E-state index is -0.755. The van der Waals surface area contributed by atoms with E-state index in [1.165, 1.54) is 7.05 Å². The highest BCUT2D eigenvalue weighted by Crippen LogP contribution is 2.11. The van der Waals surface area contributed by atoms with Crippen molar-refractivity contribution in [1.82, 2.24) is 10.2 Å². The third kappa shape index (κ3) is 2.38. The lowest BCUT2D eigenvalue weighted by atomic mass is 10.0. The topological polar surface area (TPSA) is 92.5 Å². The van der Waals surface area contributed by atoms with Crippen LogP contribution < -0.4 is 11.1 Å². The van der Waals surface area contributed by atoms with Crippen molar-refractivity contribution in [2.75, 3.05) is 7.05 Å². The van der Waals surface area contributed by atoms with E-state index in [2.05, 4.69) is 5.32 Å². The summed E-state index contributed by atoms with van der Waals surface area (Å²) in [6, 6.07) is -1.41. The van der Waals surface area contributed by atoms with Gasteiger partial charge in [-0.3, -0.25) is 19.3 Å². The van der Waals surface area contributed by atoms with E-state index in [-0.39, 0.29) is 24.2 Å². The van der Waals surface area contributed by atoms with Gasteiger partial charge in [-0.1, -0.05) is 13.8 Å². The number of nitrogens with zero attached hydrogens (tertiary/aromatic N) is 1. The van der Waals surface area contributed by atoms with Crippen LogP contribution >= 0.6 is 0 Å². The molecule has 0 aromatic rings. The Morgan fingerprint density at radius 1 is 1.50 bits per heavy atom. The van der Waals surface area contributed by atoms with Crippen LogP contribution in [-0.2, 0) is 14.4 Å². The highest BCUT2D eigenvalue weighted by molar-refractivity contribution is 6.06. The molecule has 0 spiro atoms. The zero-order chi connectivity index (χ0) is 12.5. The second-order valence-electron chi connectivity index (χ2n) is 4.33. The van der Waals surface area contributed by atoms with E-state index in [0.717, 1.165) is 4.90 Å². The van der Waals surface area contributed by atoms with Crippen molar-refractivity contribution in [3.05, 3.63) is 0 Å². The molecule has 1 rings (SSSR count). The van der Waals surface area contributed by atoms with Crippen LogP contribution in [0.15, 0.2) is 0 Å². The number of amides is 3. The van der Waals surface area contributed by atoms with Gasteiger partial charge in [-0.05, 0) is 5.92 Å². The molecule has 2 atom stereocenters. The molecule has 16 heavy (non-hydrogen) atoms. The van der Waals surface area contributed by atoms with Crippen LogP contribution in [0.5, 0.6) is 0 Å². The largest absolute Gasteiger partial charge is 0.342 e. The zero-order valence-electron chi connectivity index (χ0n) is 9.69. The lowest BCUT2D eigenvalue weighted by Crippen LogP contribution is -2.49. The zero-order valence-corrected chi connectivity index (χ0v) is 9.69. The molecule has 1 aliphatic heterocycles. The van der Waals surface area contributed by atoms with Gasteiger partial charge in [0.15, 0.2) is 0 Å². The van der Waals surface area contributed by atoms with Crippen LogP contribution in [0.25, 0.3) is 0 Å². The number of carbonyl (C=O) groups excluding carboxylic acids is 3. The van der Waals surface area contributed by atoms with Crippen molar-refractivity contribution in [3.63, 3.8) is 0 Å². The fraction of sp³-hybridized carbons (Fsp3) is 0.700. The number of carbonyl (C=O) groups is 3. The molecule has 90 valence electrons. The summed E-state index contributed by atoms with van der Waals surface area (Å²) in [7, 11) is 1.40. The Morgan fingerprint density at radius 2 is 2.06 bits per heavy atom. The van der Waals surface area contributed by atoms with Crippen LogP contribution in [0.3, 0.4) is 0 Å². The molecule has 0 aromatic carbocycles. The molecule has 0 saturated carbocycles. The van der Waals surface area contributed by atoms with E-state index in [1.54, 1.807) is 0 Å². The quantitative estimate of drug-likeness (QED) is 0.595. The number of imide groups is 1. The Balaban J connectivity index is 2.60. The first-order valence-corrected chi connectivity index (χ1v) is 5.21. The van der Waals surface area contributed by atoms with E-state index in [4.69, 9.17) is 5.73 Å². The highest BCUT2D eigenvalue weighted by atomic mass is 16.2. The number of hydrogen-bond acceptors (Lipinski definition) is 4. The van der Waals surface area contributed by atoms with Gasteiger partial charge in [0, 0.05) is 7.05 Å². The number of rotatable bonds is 3. The first kappa shape index (κ1) is 12.6. The average Bonchev–Trinajstić information content (AvgIpc) is 2.45. The van der Waals surface area contributed by atoms with E-state index < -0.39 is 18.0 Å². The average molecular weight is 227 g/mol. The maximum absolute atomic E-state index is 11.6. The Hall–Kier alpha value is -1.43. The lowest BCUT2D eigenvalue weighted by molar-refractivity contribution is -0.138. The molecule has 1 fully saturated rings. The first-order chi connectivity index (χ1) is 7.34. The lowest BCUT2D eigenvalue weighted by Gasteiger charge is -2.17. The van der Waals surface area contributed by atoms with E-state index in [9.17, 15) is 14.4 Å². The predicted molar refractivity (Wildman–Crippen MR) is 57.1 cm³/mol. The molecule has 0 radical (unpaired) electrons. The third-order valence-corrected chi connectivity index (χ3v) is 2.72. The van der Waals surface area contributed by atoms with Gasteiger partial charge < -0.3 is 11.1 Å². The second-order valence-corrected chi connectivity index (χ2v) is 4.33. The summed E-state index contributed by atoms with van der Waals surface area (Å²) in [4.78, 5) is 35.3. The summed E-state index contributed by atoms with van der Waals surface area (Å²) in [5, 5.41) is 2.49. The molecule has 6 nitrogen and oxygen atoms in total. The fourth-order valence-corrected chi connectivity index (χ4v) is 1.44. The minimum absolute atomic E-state index is 0.00932. The molecule has 3 amide bonds. The molecular formula is C10H17N3O3. The standard InChI is InChI=1S/C10H17N3O3/c1-5(2)8(11)9(15)12-6-4-7(14)13(3)10(6)16/h5-6,8H,4,11H2,1-3H3,(H,12,15)/t6?,8-/m0/s1. The molecule has 1 aliphatic rings. The van der Waals surface area contributed by atoms with Gasteiger partial charge in [-0.25, -0.2) is 0 Å². The van der Waals surface area contributed by atoms with E-state index in [1.807, 2.05) is 13.8 Å². The van der Waals surface area contributed by atoms with Gasteiger partial charge in [0.1, 0.15) is 6.04 Å². The molecule has 6 heteroatoms. The molecular weight excluding hydrogens is 210 g/mol. The van der Waals surface area contributed by atoms with Gasteiger partial charge >= 0.3 is 0 Å². The summed E-state index contributed by atoms with van der Waals surface area (Å²) in [6.07, 6.45) is 0.0197. The van der Waals surface area contributed by atoms with Crippen LogP contribution in [0.2, 0.25) is 0 Å². The maximum Gasteiger partial charge on any atom is 0.252 e. The summed E-state index contributed by atoms with van der Waals surface area (Å²) >= 11 is 0. The van der Waals surface area contributed by atoms with Crippen LogP contribution in [0.4, 0.5) is 0 Å². The van der Waals surface area contributed by atoms with Gasteiger partial charge in [-0.2, -0.15) is 0 Å². The number of likely N-dealkylation sites (tertiary alicyclic amines) is 1. The molecule has 3 N–H and O–H groups in total. The van der Waals surface area contributed by atoms with Crippen LogP contribution in [-0.4, -0.2) is 41.8 Å². The molecule has 0 aromatic heterocycles. The highest BCUT2D eigenvalue weighted by Gasteiger charge is 2.37. The summed E-state index contributed by atoms with van der Waals surface area (Å²) in [5.41, 5.74) is 5.63. The second kappa shape index (κ2) is 4.61. The SMILES string of the molecule is CC(C)[C@H](N)C(=O)NC1CC(=O)N(C)C1=O. The number of nitrogens with one attached hydrogen (secondary N) is 1. The Bertz CT molecular complexity index is 327. The summed E-state index contributed by atoms with van der Waals surface area (Å²) in [6.45, 7) is 3.63. The number of hydrogen-bond donors (Lipinski definition) is 2. The van der Waals surface area contributed by atoms with Gasteiger partial charge in [0.05, 0.1) is 12.5 Å². The van der Waals surface area contributed by atoms with Gasteiger partial charge in [0.2, 0.25) is 11.8 Å². The third-order valence-electron chi connectivity index (χ3n) is 2.72. The molecule has 1 heterocycles. The maximum atomic E-state index is 11.6. The van der Waals surface area contributed by atoms with Crippen molar-refractivity contribution < 1.29 is 14.4 Å².